The molecule has 1 heterocycles. The summed E-state index contributed by atoms with van der Waals surface area (Å²) in [6.45, 7) is -0.0211. The Labute approximate surface area is 155 Å². The highest BCUT2D eigenvalue weighted by molar-refractivity contribution is 7.71. The van der Waals surface area contributed by atoms with E-state index in [1.807, 2.05) is 0 Å². The lowest BCUT2D eigenvalue weighted by molar-refractivity contribution is -0.120. The van der Waals surface area contributed by atoms with Crippen molar-refractivity contribution >= 4 is 34.7 Å². The molecule has 2 aromatic carbocycles. The van der Waals surface area contributed by atoms with Gasteiger partial charge in [-0.25, -0.2) is 13.2 Å². The maximum atomic E-state index is 13.5. The van der Waals surface area contributed by atoms with Crippen molar-refractivity contribution in [3.63, 3.8) is 0 Å². The smallest absolute Gasteiger partial charge is 0.262 e. The van der Waals surface area contributed by atoms with Gasteiger partial charge < -0.3 is 4.98 Å². The third-order valence-corrected chi connectivity index (χ3v) is 4.15. The van der Waals surface area contributed by atoms with Gasteiger partial charge in [-0.3, -0.25) is 25.0 Å². The molecule has 1 aromatic heterocycles. The number of nitrogens with one attached hydrogen (secondary N) is 3. The number of carbonyl (C=O) groups excluding carboxylic acids is 1. The van der Waals surface area contributed by atoms with E-state index in [1.165, 1.54) is 4.57 Å². The molecule has 3 N–H and O–H groups in total. The fourth-order valence-electron chi connectivity index (χ4n) is 2.44. The van der Waals surface area contributed by atoms with Crippen LogP contribution < -0.4 is 16.4 Å². The number of para-hydroxylation sites is 1. The zero-order chi connectivity index (χ0) is 19.6. The number of H-pyrrole nitrogens is 1. The van der Waals surface area contributed by atoms with E-state index < -0.39 is 29.0 Å². The van der Waals surface area contributed by atoms with Gasteiger partial charge in [0.1, 0.15) is 0 Å². The van der Waals surface area contributed by atoms with Crippen molar-refractivity contribution in [2.75, 3.05) is 5.43 Å². The minimum absolute atomic E-state index is 0.0211. The number of aromatic nitrogens is 2. The first-order valence-corrected chi connectivity index (χ1v) is 8.19. The van der Waals surface area contributed by atoms with Crippen LogP contribution in [0.5, 0.6) is 0 Å². The molecule has 0 aliphatic heterocycles. The number of carbonyl (C=O) groups is 1. The highest BCUT2D eigenvalue weighted by Gasteiger charge is 2.14. The van der Waals surface area contributed by atoms with E-state index in [0.29, 0.717) is 10.9 Å². The van der Waals surface area contributed by atoms with Gasteiger partial charge in [-0.1, -0.05) is 12.1 Å². The summed E-state index contributed by atoms with van der Waals surface area (Å²) in [6.07, 6.45) is -0.159. The summed E-state index contributed by atoms with van der Waals surface area (Å²) < 4.78 is 40.9. The summed E-state index contributed by atoms with van der Waals surface area (Å²) in [5.74, 6) is -5.05. The second-order valence-corrected chi connectivity index (χ2v) is 5.97. The Kier molecular flexibility index (Phi) is 5.26. The molecule has 0 aliphatic rings. The number of halogens is 3. The summed E-state index contributed by atoms with van der Waals surface area (Å²) in [5.41, 5.74) is 4.14. The maximum Gasteiger partial charge on any atom is 0.262 e. The molecule has 0 saturated carbocycles. The van der Waals surface area contributed by atoms with Crippen LogP contribution in [0, 0.1) is 22.2 Å². The van der Waals surface area contributed by atoms with Crippen molar-refractivity contribution in [1.82, 2.24) is 15.0 Å². The van der Waals surface area contributed by atoms with Gasteiger partial charge in [-0.15, -0.1) is 0 Å². The third kappa shape index (κ3) is 3.85. The molecule has 0 radical (unpaired) electrons. The SMILES string of the molecule is O=C(CCn1c(=S)[nH]c2ccccc2c1=O)NNc1ccc(F)c(F)c1F. The quantitative estimate of drug-likeness (QED) is 0.353. The molecule has 0 unspecified atom stereocenters. The first-order chi connectivity index (χ1) is 12.9. The minimum atomic E-state index is -1.65. The Morgan fingerprint density at radius 3 is 2.63 bits per heavy atom. The first-order valence-electron chi connectivity index (χ1n) is 7.78. The van der Waals surface area contributed by atoms with Crippen molar-refractivity contribution in [1.29, 1.82) is 0 Å². The number of hydrazine groups is 1. The number of hydrogen-bond acceptors (Lipinski definition) is 4. The molecule has 140 valence electrons. The lowest BCUT2D eigenvalue weighted by Gasteiger charge is -2.11. The fourth-order valence-corrected chi connectivity index (χ4v) is 2.72. The molecule has 10 heteroatoms. The van der Waals surface area contributed by atoms with Gasteiger partial charge in [-0.2, -0.15) is 0 Å². The zero-order valence-corrected chi connectivity index (χ0v) is 14.5. The summed E-state index contributed by atoms with van der Waals surface area (Å²) in [4.78, 5) is 27.3. The van der Waals surface area contributed by atoms with Gasteiger partial charge >= 0.3 is 0 Å². The van der Waals surface area contributed by atoms with Crippen LogP contribution in [0.15, 0.2) is 41.2 Å². The topological polar surface area (TPSA) is 78.9 Å². The largest absolute Gasteiger partial charge is 0.332 e. The molecular weight excluding hydrogens is 381 g/mol. The van der Waals surface area contributed by atoms with E-state index in [-0.39, 0.29) is 23.3 Å². The average molecular weight is 394 g/mol. The number of nitrogens with zero attached hydrogens (tertiary/aromatic N) is 1. The lowest BCUT2D eigenvalue weighted by atomic mass is 10.2. The number of hydrogen-bond donors (Lipinski definition) is 3. The Morgan fingerprint density at radius 2 is 1.85 bits per heavy atom. The van der Waals surface area contributed by atoms with E-state index in [9.17, 15) is 22.8 Å². The Balaban J connectivity index is 1.68. The molecule has 0 fully saturated rings. The molecule has 0 spiro atoms. The molecule has 27 heavy (non-hydrogen) atoms. The van der Waals surface area contributed by atoms with Crippen molar-refractivity contribution in [2.45, 2.75) is 13.0 Å². The molecule has 3 rings (SSSR count). The normalized spacial score (nSPS) is 10.8. The number of fused-ring (bicyclic) bond motifs is 1. The second-order valence-electron chi connectivity index (χ2n) is 5.58. The van der Waals surface area contributed by atoms with E-state index in [2.05, 4.69) is 15.8 Å². The standard InChI is InChI=1S/C17H13F3N4O2S/c18-10-5-6-12(15(20)14(10)19)22-23-13(25)7-8-24-16(26)9-3-1-2-4-11(9)21-17(24)27/h1-6,22H,7-8H2,(H,21,27)(H,23,25). The predicted molar refractivity (Wildman–Crippen MR) is 96.1 cm³/mol. The molecular formula is C17H13F3N4O2S. The minimum Gasteiger partial charge on any atom is -0.332 e. The predicted octanol–water partition coefficient (Wildman–Crippen LogP) is 3.01. The average Bonchev–Trinajstić information content (AvgIpc) is 2.65. The number of benzene rings is 2. The van der Waals surface area contributed by atoms with Crippen LogP contribution in [0.4, 0.5) is 18.9 Å². The van der Waals surface area contributed by atoms with Crippen molar-refractivity contribution in [2.24, 2.45) is 0 Å². The van der Waals surface area contributed by atoms with Gasteiger partial charge in [0, 0.05) is 13.0 Å². The third-order valence-electron chi connectivity index (χ3n) is 3.82. The van der Waals surface area contributed by atoms with Gasteiger partial charge in [0.05, 0.1) is 16.6 Å². The molecule has 3 aromatic rings. The number of aromatic amines is 1. The Hall–Kier alpha value is -3.14. The van der Waals surface area contributed by atoms with Crippen molar-refractivity contribution in [3.8, 4) is 0 Å². The molecule has 0 saturated heterocycles. The molecule has 6 nitrogen and oxygen atoms in total. The first kappa shape index (κ1) is 18.6. The van der Waals surface area contributed by atoms with Crippen molar-refractivity contribution in [3.05, 3.63) is 69.0 Å². The van der Waals surface area contributed by atoms with E-state index in [1.54, 1.807) is 24.3 Å². The summed E-state index contributed by atoms with van der Waals surface area (Å²) >= 11 is 5.14. The van der Waals surface area contributed by atoms with Crippen LogP contribution >= 0.6 is 12.2 Å². The van der Waals surface area contributed by atoms with Gasteiger partial charge in [-0.05, 0) is 36.5 Å². The Bertz CT molecular complexity index is 1140. The van der Waals surface area contributed by atoms with E-state index in [4.69, 9.17) is 12.2 Å². The number of anilines is 1. The van der Waals surface area contributed by atoms with Crippen LogP contribution in [0.3, 0.4) is 0 Å². The van der Waals surface area contributed by atoms with Crippen LogP contribution in [0.25, 0.3) is 10.9 Å². The highest BCUT2D eigenvalue weighted by Crippen LogP contribution is 2.18. The fraction of sp³-hybridized carbons (Fsp3) is 0.118. The van der Waals surface area contributed by atoms with Crippen molar-refractivity contribution < 1.29 is 18.0 Å². The van der Waals surface area contributed by atoms with Crippen LogP contribution in [0.2, 0.25) is 0 Å². The van der Waals surface area contributed by atoms with E-state index in [0.717, 1.165) is 12.1 Å². The summed E-state index contributed by atoms with van der Waals surface area (Å²) in [6, 6.07) is 8.47. The molecule has 0 atom stereocenters. The lowest BCUT2D eigenvalue weighted by Crippen LogP contribution is -2.32. The number of rotatable bonds is 5. The molecule has 0 aliphatic carbocycles. The zero-order valence-electron chi connectivity index (χ0n) is 13.7. The van der Waals surface area contributed by atoms with Crippen LogP contribution in [-0.2, 0) is 11.3 Å². The van der Waals surface area contributed by atoms with Gasteiger partial charge in [0.2, 0.25) is 5.91 Å². The second kappa shape index (κ2) is 7.62. The molecule has 0 bridgehead atoms. The number of amides is 1. The monoisotopic (exact) mass is 394 g/mol. The summed E-state index contributed by atoms with van der Waals surface area (Å²) in [5, 5.41) is 0.425. The highest BCUT2D eigenvalue weighted by atomic mass is 32.1. The summed E-state index contributed by atoms with van der Waals surface area (Å²) in [7, 11) is 0. The molecule has 1 amide bonds. The maximum absolute atomic E-state index is 13.5. The van der Waals surface area contributed by atoms with E-state index >= 15 is 0 Å². The van der Waals surface area contributed by atoms with Gasteiger partial charge in [0.25, 0.3) is 5.56 Å². The Morgan fingerprint density at radius 1 is 1.11 bits per heavy atom. The van der Waals surface area contributed by atoms with Crippen LogP contribution in [0.1, 0.15) is 6.42 Å². The van der Waals surface area contributed by atoms with Gasteiger partial charge in [0.15, 0.2) is 22.2 Å². The van der Waals surface area contributed by atoms with Crippen LogP contribution in [-0.4, -0.2) is 15.5 Å².